The zero-order chi connectivity index (χ0) is 20.7. The Labute approximate surface area is 172 Å². The molecular formula is C21H31ClN4O2. The van der Waals surface area contributed by atoms with Crippen LogP contribution < -0.4 is 5.73 Å². The molecule has 0 bridgehead atoms. The number of guanidine groups is 1. The zero-order valence-electron chi connectivity index (χ0n) is 17.1. The molecule has 1 aromatic carbocycles. The first kappa shape index (κ1) is 22.2. The van der Waals surface area contributed by atoms with E-state index in [1.54, 1.807) is 19.1 Å². The van der Waals surface area contributed by atoms with E-state index in [4.69, 9.17) is 17.3 Å². The van der Waals surface area contributed by atoms with Gasteiger partial charge in [0.05, 0.1) is 13.0 Å². The second-order valence-corrected chi connectivity index (χ2v) is 7.97. The average molecular weight is 407 g/mol. The van der Waals surface area contributed by atoms with Gasteiger partial charge >= 0.3 is 0 Å². The number of carbonyl (C=O) groups excluding carboxylic acids is 2. The van der Waals surface area contributed by atoms with Crippen molar-refractivity contribution >= 4 is 29.4 Å². The third-order valence-corrected chi connectivity index (χ3v) is 5.22. The molecule has 1 aliphatic rings. The summed E-state index contributed by atoms with van der Waals surface area (Å²) >= 11 is 6.03. The largest absolute Gasteiger partial charge is 0.369 e. The SMILES string of the molecule is CCCCN(CCCC)C(=O)CC1(C)N=C(N)N(Cc2cccc(Cl)c2)C1=O. The molecule has 2 amide bonds. The highest BCUT2D eigenvalue weighted by Crippen LogP contribution is 2.28. The number of rotatable bonds is 10. The fraction of sp³-hybridized carbons (Fsp3) is 0.571. The van der Waals surface area contributed by atoms with Crippen molar-refractivity contribution in [3.8, 4) is 0 Å². The lowest BCUT2D eigenvalue weighted by molar-refractivity contribution is -0.138. The van der Waals surface area contributed by atoms with Crippen molar-refractivity contribution in [3.63, 3.8) is 0 Å². The van der Waals surface area contributed by atoms with E-state index >= 15 is 0 Å². The summed E-state index contributed by atoms with van der Waals surface area (Å²) in [6.45, 7) is 7.60. The predicted molar refractivity (Wildman–Crippen MR) is 113 cm³/mol. The van der Waals surface area contributed by atoms with Crippen LogP contribution in [0.2, 0.25) is 5.02 Å². The molecule has 1 unspecified atom stereocenters. The van der Waals surface area contributed by atoms with Crippen LogP contribution in [-0.2, 0) is 16.1 Å². The minimum atomic E-state index is -1.16. The Hall–Kier alpha value is -2.08. The molecule has 2 N–H and O–H groups in total. The summed E-state index contributed by atoms with van der Waals surface area (Å²) in [4.78, 5) is 33.6. The summed E-state index contributed by atoms with van der Waals surface area (Å²) in [5.74, 6) is -0.142. The van der Waals surface area contributed by atoms with Gasteiger partial charge in [0.2, 0.25) is 5.91 Å². The molecule has 0 aromatic heterocycles. The molecular weight excluding hydrogens is 376 g/mol. The molecule has 1 atom stereocenters. The fourth-order valence-electron chi connectivity index (χ4n) is 3.31. The van der Waals surface area contributed by atoms with Gasteiger partial charge in [0.25, 0.3) is 5.91 Å². The quantitative estimate of drug-likeness (QED) is 0.645. The first-order valence-corrected chi connectivity index (χ1v) is 10.4. The Morgan fingerprint density at radius 2 is 1.89 bits per heavy atom. The van der Waals surface area contributed by atoms with Crippen LogP contribution in [0, 0.1) is 0 Å². The van der Waals surface area contributed by atoms with Crippen LogP contribution in [0.5, 0.6) is 0 Å². The van der Waals surface area contributed by atoms with Crippen LogP contribution in [0.3, 0.4) is 0 Å². The summed E-state index contributed by atoms with van der Waals surface area (Å²) in [7, 11) is 0. The first-order chi connectivity index (χ1) is 13.3. The van der Waals surface area contributed by atoms with E-state index in [-0.39, 0.29) is 30.7 Å². The Morgan fingerprint density at radius 3 is 2.46 bits per heavy atom. The van der Waals surface area contributed by atoms with Crippen molar-refractivity contribution < 1.29 is 9.59 Å². The smallest absolute Gasteiger partial charge is 0.257 e. The van der Waals surface area contributed by atoms with Crippen molar-refractivity contribution in [2.75, 3.05) is 13.1 Å². The Bertz CT molecular complexity index is 729. The number of hydrogen-bond donors (Lipinski definition) is 1. The van der Waals surface area contributed by atoms with E-state index in [2.05, 4.69) is 18.8 Å². The van der Waals surface area contributed by atoms with Crippen molar-refractivity contribution in [2.24, 2.45) is 10.7 Å². The van der Waals surface area contributed by atoms with Gasteiger partial charge in [0.15, 0.2) is 5.96 Å². The maximum Gasteiger partial charge on any atom is 0.257 e. The number of aliphatic imine (C=N–C) groups is 1. The Morgan fingerprint density at radius 1 is 1.25 bits per heavy atom. The summed E-state index contributed by atoms with van der Waals surface area (Å²) in [6.07, 6.45) is 3.97. The van der Waals surface area contributed by atoms with Crippen LogP contribution >= 0.6 is 11.6 Å². The van der Waals surface area contributed by atoms with Gasteiger partial charge in [0.1, 0.15) is 5.54 Å². The molecule has 0 aliphatic carbocycles. The van der Waals surface area contributed by atoms with Gasteiger partial charge in [-0.25, -0.2) is 4.99 Å². The highest BCUT2D eigenvalue weighted by molar-refractivity contribution is 6.30. The molecule has 2 rings (SSSR count). The summed E-state index contributed by atoms with van der Waals surface area (Å²) in [6, 6.07) is 7.27. The predicted octanol–water partition coefficient (Wildman–Crippen LogP) is 3.57. The van der Waals surface area contributed by atoms with Gasteiger partial charge in [0, 0.05) is 18.1 Å². The maximum atomic E-state index is 13.0. The molecule has 28 heavy (non-hydrogen) atoms. The zero-order valence-corrected chi connectivity index (χ0v) is 17.8. The Kier molecular flexibility index (Phi) is 7.87. The van der Waals surface area contributed by atoms with Crippen molar-refractivity contribution in [2.45, 2.75) is 65.0 Å². The number of unbranched alkanes of at least 4 members (excludes halogenated alkanes) is 2. The van der Waals surface area contributed by atoms with E-state index in [9.17, 15) is 9.59 Å². The van der Waals surface area contributed by atoms with Crippen molar-refractivity contribution in [1.82, 2.24) is 9.80 Å². The van der Waals surface area contributed by atoms with Crippen LogP contribution in [0.1, 0.15) is 58.4 Å². The monoisotopic (exact) mass is 406 g/mol. The number of amides is 2. The van der Waals surface area contributed by atoms with E-state index in [1.807, 2.05) is 17.0 Å². The number of carbonyl (C=O) groups is 2. The van der Waals surface area contributed by atoms with Crippen molar-refractivity contribution in [3.05, 3.63) is 34.9 Å². The molecule has 0 saturated heterocycles. The van der Waals surface area contributed by atoms with Gasteiger partial charge < -0.3 is 10.6 Å². The molecule has 1 heterocycles. The van der Waals surface area contributed by atoms with Gasteiger partial charge in [-0.05, 0) is 37.5 Å². The highest BCUT2D eigenvalue weighted by Gasteiger charge is 2.45. The molecule has 0 fully saturated rings. The standard InChI is InChI=1S/C21H31ClN4O2/c1-4-6-11-25(12-7-5-2)18(27)14-21(3)19(28)26(20(23)24-21)15-16-9-8-10-17(22)13-16/h8-10,13H,4-7,11-12,14-15H2,1-3H3,(H2,23,24). The lowest BCUT2D eigenvalue weighted by Crippen LogP contribution is -2.45. The van der Waals surface area contributed by atoms with Gasteiger partial charge in [-0.2, -0.15) is 0 Å². The van der Waals surface area contributed by atoms with Crippen LogP contribution in [-0.4, -0.2) is 46.2 Å². The lowest BCUT2D eigenvalue weighted by Gasteiger charge is -2.27. The molecule has 154 valence electrons. The third kappa shape index (κ3) is 5.47. The second-order valence-electron chi connectivity index (χ2n) is 7.53. The number of halogens is 1. The topological polar surface area (TPSA) is 79.0 Å². The van der Waals surface area contributed by atoms with Crippen LogP contribution in [0.4, 0.5) is 0 Å². The van der Waals surface area contributed by atoms with Gasteiger partial charge in [-0.15, -0.1) is 0 Å². The molecule has 1 aliphatic heterocycles. The molecule has 1 aromatic rings. The number of nitrogens with two attached hydrogens (primary N) is 1. The number of benzene rings is 1. The molecule has 7 heteroatoms. The van der Waals surface area contributed by atoms with E-state index in [1.165, 1.54) is 4.90 Å². The molecule has 6 nitrogen and oxygen atoms in total. The summed E-state index contributed by atoms with van der Waals surface area (Å²) in [5.41, 5.74) is 5.75. The minimum absolute atomic E-state index is 0.0337. The maximum absolute atomic E-state index is 13.0. The highest BCUT2D eigenvalue weighted by atomic mass is 35.5. The fourth-order valence-corrected chi connectivity index (χ4v) is 3.52. The molecule has 0 spiro atoms. The van der Waals surface area contributed by atoms with Crippen LogP contribution in [0.15, 0.2) is 29.3 Å². The van der Waals surface area contributed by atoms with E-state index < -0.39 is 5.54 Å². The summed E-state index contributed by atoms with van der Waals surface area (Å²) in [5, 5.41) is 0.597. The minimum Gasteiger partial charge on any atom is -0.369 e. The molecule has 0 saturated carbocycles. The van der Waals surface area contributed by atoms with E-state index in [0.29, 0.717) is 18.1 Å². The number of hydrogen-bond acceptors (Lipinski definition) is 4. The van der Waals surface area contributed by atoms with Crippen molar-refractivity contribution in [1.29, 1.82) is 0 Å². The summed E-state index contributed by atoms with van der Waals surface area (Å²) < 4.78 is 0. The average Bonchev–Trinajstić information content (AvgIpc) is 2.84. The lowest BCUT2D eigenvalue weighted by atomic mass is 9.96. The Balaban J connectivity index is 2.09. The second kappa shape index (κ2) is 9.92. The first-order valence-electron chi connectivity index (χ1n) is 10.00. The third-order valence-electron chi connectivity index (χ3n) is 4.98. The van der Waals surface area contributed by atoms with Gasteiger partial charge in [-0.1, -0.05) is 50.4 Å². The molecule has 0 radical (unpaired) electrons. The van der Waals surface area contributed by atoms with E-state index in [0.717, 1.165) is 31.2 Å². The number of nitrogens with zero attached hydrogens (tertiary/aromatic N) is 3. The normalized spacial score (nSPS) is 19.1. The van der Waals surface area contributed by atoms with Crippen LogP contribution in [0.25, 0.3) is 0 Å². The van der Waals surface area contributed by atoms with Gasteiger partial charge in [-0.3, -0.25) is 14.5 Å².